The minimum absolute atomic E-state index is 0.00645. The third kappa shape index (κ3) is 2.94. The van der Waals surface area contributed by atoms with Gasteiger partial charge in [0.05, 0.1) is 12.2 Å². The third-order valence-corrected chi connectivity index (χ3v) is 4.80. The van der Waals surface area contributed by atoms with Crippen LogP contribution >= 0.6 is 0 Å². The summed E-state index contributed by atoms with van der Waals surface area (Å²) >= 11 is 0. The van der Waals surface area contributed by atoms with E-state index < -0.39 is 10.0 Å². The molecular weight excluding hydrogens is 276 g/mol. The van der Waals surface area contributed by atoms with Crippen molar-refractivity contribution in [1.82, 2.24) is 14.3 Å². The van der Waals surface area contributed by atoms with Crippen LogP contribution in [0.3, 0.4) is 0 Å². The van der Waals surface area contributed by atoms with Gasteiger partial charge in [0.25, 0.3) is 0 Å². The number of hydrogen-bond acceptors (Lipinski definition) is 5. The summed E-state index contributed by atoms with van der Waals surface area (Å²) in [6.45, 7) is 2.30. The molecule has 0 aliphatic carbocycles. The van der Waals surface area contributed by atoms with Crippen LogP contribution in [0, 0.1) is 0 Å². The van der Waals surface area contributed by atoms with Crippen molar-refractivity contribution in [3.63, 3.8) is 0 Å². The van der Waals surface area contributed by atoms with Gasteiger partial charge in [-0.3, -0.25) is 4.98 Å². The van der Waals surface area contributed by atoms with Crippen LogP contribution in [-0.2, 0) is 16.6 Å². The van der Waals surface area contributed by atoms with E-state index in [0.717, 1.165) is 0 Å². The average Bonchev–Trinajstić information content (AvgIpc) is 2.46. The van der Waals surface area contributed by atoms with Gasteiger partial charge in [-0.15, -0.1) is 0 Å². The summed E-state index contributed by atoms with van der Waals surface area (Å²) in [4.78, 5) is 7.99. The molecule has 0 saturated heterocycles. The standard InChI is InChI=1S/C13H16N4O2S/c1-2-17(10-11-6-3-4-8-15-11)20(18,19)12-7-5-9-16-13(12)14/h3-9H,2,10H2,1H3,(H2,14,16). The largest absolute Gasteiger partial charge is 0.383 e. The van der Waals surface area contributed by atoms with Gasteiger partial charge in [0.15, 0.2) is 0 Å². The van der Waals surface area contributed by atoms with Crippen LogP contribution in [0.15, 0.2) is 47.6 Å². The van der Waals surface area contributed by atoms with Gasteiger partial charge in [0.2, 0.25) is 10.0 Å². The number of anilines is 1. The van der Waals surface area contributed by atoms with Crippen LogP contribution in [0.4, 0.5) is 5.82 Å². The Kier molecular flexibility index (Phi) is 4.31. The van der Waals surface area contributed by atoms with Crippen molar-refractivity contribution >= 4 is 15.8 Å². The van der Waals surface area contributed by atoms with E-state index in [1.54, 1.807) is 31.3 Å². The predicted molar refractivity (Wildman–Crippen MR) is 76.2 cm³/mol. The third-order valence-electron chi connectivity index (χ3n) is 2.83. The quantitative estimate of drug-likeness (QED) is 0.896. The lowest BCUT2D eigenvalue weighted by Crippen LogP contribution is -2.31. The molecule has 0 aliphatic rings. The number of rotatable bonds is 5. The molecule has 0 atom stereocenters. The molecule has 2 aromatic rings. The SMILES string of the molecule is CCN(Cc1ccccn1)S(=O)(=O)c1cccnc1N. The van der Waals surface area contributed by atoms with Gasteiger partial charge in [-0.1, -0.05) is 13.0 Å². The summed E-state index contributed by atoms with van der Waals surface area (Å²) < 4.78 is 26.5. The number of nitrogens with zero attached hydrogens (tertiary/aromatic N) is 3. The van der Waals surface area contributed by atoms with Gasteiger partial charge < -0.3 is 5.73 Å². The molecule has 2 rings (SSSR count). The maximum absolute atomic E-state index is 12.6. The Morgan fingerprint density at radius 3 is 2.50 bits per heavy atom. The summed E-state index contributed by atoms with van der Waals surface area (Å²) in [6, 6.07) is 8.40. The highest BCUT2D eigenvalue weighted by Gasteiger charge is 2.26. The lowest BCUT2D eigenvalue weighted by Gasteiger charge is -2.20. The molecule has 0 fully saturated rings. The second-order valence-corrected chi connectivity index (χ2v) is 6.05. The van der Waals surface area contributed by atoms with E-state index in [-0.39, 0.29) is 17.3 Å². The molecular formula is C13H16N4O2S. The van der Waals surface area contributed by atoms with Crippen LogP contribution in [0.2, 0.25) is 0 Å². The molecule has 0 bridgehead atoms. The van der Waals surface area contributed by atoms with Crippen molar-refractivity contribution in [1.29, 1.82) is 0 Å². The Labute approximate surface area is 118 Å². The van der Waals surface area contributed by atoms with E-state index >= 15 is 0 Å². The van der Waals surface area contributed by atoms with Gasteiger partial charge in [0.1, 0.15) is 10.7 Å². The zero-order chi connectivity index (χ0) is 14.6. The summed E-state index contributed by atoms with van der Waals surface area (Å²) in [5.74, 6) is 0.00645. The molecule has 0 amide bonds. The molecule has 0 spiro atoms. The molecule has 0 saturated carbocycles. The van der Waals surface area contributed by atoms with E-state index in [1.807, 2.05) is 6.07 Å². The first-order valence-electron chi connectivity index (χ1n) is 6.16. The van der Waals surface area contributed by atoms with Crippen LogP contribution in [-0.4, -0.2) is 29.2 Å². The maximum Gasteiger partial charge on any atom is 0.247 e. The highest BCUT2D eigenvalue weighted by atomic mass is 32.2. The van der Waals surface area contributed by atoms with Crippen LogP contribution < -0.4 is 5.73 Å². The first kappa shape index (κ1) is 14.4. The van der Waals surface area contributed by atoms with Crippen molar-refractivity contribution in [2.24, 2.45) is 0 Å². The normalized spacial score (nSPS) is 11.7. The first-order valence-corrected chi connectivity index (χ1v) is 7.60. The van der Waals surface area contributed by atoms with Crippen molar-refractivity contribution in [2.45, 2.75) is 18.4 Å². The Bertz CT molecular complexity index is 674. The Balaban J connectivity index is 2.34. The van der Waals surface area contributed by atoms with Gasteiger partial charge in [-0.2, -0.15) is 4.31 Å². The summed E-state index contributed by atoms with van der Waals surface area (Å²) in [5.41, 5.74) is 6.34. The van der Waals surface area contributed by atoms with Crippen molar-refractivity contribution in [3.8, 4) is 0 Å². The number of hydrogen-bond donors (Lipinski definition) is 1. The molecule has 7 heteroatoms. The number of nitrogens with two attached hydrogens (primary N) is 1. The number of nitrogen functional groups attached to an aromatic ring is 1. The van der Waals surface area contributed by atoms with E-state index in [1.165, 1.54) is 16.6 Å². The fourth-order valence-electron chi connectivity index (χ4n) is 1.80. The summed E-state index contributed by atoms with van der Waals surface area (Å²) in [6.07, 6.45) is 3.09. The van der Waals surface area contributed by atoms with Crippen molar-refractivity contribution in [2.75, 3.05) is 12.3 Å². The molecule has 0 aromatic carbocycles. The fourth-order valence-corrected chi connectivity index (χ4v) is 3.29. The van der Waals surface area contributed by atoms with E-state index in [4.69, 9.17) is 5.73 Å². The van der Waals surface area contributed by atoms with Crippen LogP contribution in [0.1, 0.15) is 12.6 Å². The first-order chi connectivity index (χ1) is 9.55. The highest BCUT2D eigenvalue weighted by Crippen LogP contribution is 2.21. The lowest BCUT2D eigenvalue weighted by molar-refractivity contribution is 0.419. The smallest absolute Gasteiger partial charge is 0.247 e. The Morgan fingerprint density at radius 1 is 1.15 bits per heavy atom. The van der Waals surface area contributed by atoms with Gasteiger partial charge in [-0.25, -0.2) is 13.4 Å². The van der Waals surface area contributed by atoms with Crippen LogP contribution in [0.5, 0.6) is 0 Å². The second-order valence-electron chi connectivity index (χ2n) is 4.14. The topological polar surface area (TPSA) is 89.2 Å². The zero-order valence-electron chi connectivity index (χ0n) is 11.1. The number of pyridine rings is 2. The summed E-state index contributed by atoms with van der Waals surface area (Å²) in [7, 11) is -3.67. The van der Waals surface area contributed by atoms with Gasteiger partial charge in [0, 0.05) is 18.9 Å². The number of sulfonamides is 1. The highest BCUT2D eigenvalue weighted by molar-refractivity contribution is 7.89. The molecule has 2 N–H and O–H groups in total. The molecule has 0 unspecified atom stereocenters. The van der Waals surface area contributed by atoms with Gasteiger partial charge >= 0.3 is 0 Å². The van der Waals surface area contributed by atoms with E-state index in [0.29, 0.717) is 12.2 Å². The molecule has 0 aliphatic heterocycles. The fraction of sp³-hybridized carbons (Fsp3) is 0.231. The number of aromatic nitrogens is 2. The van der Waals surface area contributed by atoms with Crippen molar-refractivity contribution in [3.05, 3.63) is 48.4 Å². The molecule has 2 heterocycles. The molecule has 2 aromatic heterocycles. The van der Waals surface area contributed by atoms with E-state index in [9.17, 15) is 8.42 Å². The minimum atomic E-state index is -3.67. The molecule has 20 heavy (non-hydrogen) atoms. The lowest BCUT2D eigenvalue weighted by atomic mass is 10.3. The summed E-state index contributed by atoms with van der Waals surface area (Å²) in [5, 5.41) is 0. The zero-order valence-corrected chi connectivity index (χ0v) is 11.9. The van der Waals surface area contributed by atoms with Crippen LogP contribution in [0.25, 0.3) is 0 Å². The predicted octanol–water partition coefficient (Wildman–Crippen LogP) is 1.27. The second kappa shape index (κ2) is 5.98. The molecule has 0 radical (unpaired) electrons. The van der Waals surface area contributed by atoms with Crippen molar-refractivity contribution < 1.29 is 8.42 Å². The minimum Gasteiger partial charge on any atom is -0.383 e. The molecule has 6 nitrogen and oxygen atoms in total. The monoisotopic (exact) mass is 292 g/mol. The maximum atomic E-state index is 12.6. The Hall–Kier alpha value is -1.99. The molecule has 106 valence electrons. The van der Waals surface area contributed by atoms with Gasteiger partial charge in [-0.05, 0) is 24.3 Å². The van der Waals surface area contributed by atoms with E-state index in [2.05, 4.69) is 9.97 Å². The average molecular weight is 292 g/mol. The Morgan fingerprint density at radius 2 is 1.90 bits per heavy atom.